The first-order chi connectivity index (χ1) is 16.3. The van der Waals surface area contributed by atoms with Gasteiger partial charge in [0.25, 0.3) is 0 Å². The molecule has 0 radical (unpaired) electrons. The van der Waals surface area contributed by atoms with E-state index in [9.17, 15) is 0 Å². The number of aryl methyl sites for hydroxylation is 1. The van der Waals surface area contributed by atoms with Crippen LogP contribution < -0.4 is 0 Å². The molecule has 0 fully saturated rings. The third kappa shape index (κ3) is 4.55. The Hall–Kier alpha value is -3.82. The number of benzene rings is 4. The molecule has 0 bridgehead atoms. The molecule has 160 valence electrons. The van der Waals surface area contributed by atoms with E-state index in [-0.39, 0.29) is 0 Å². The number of fused-ring (bicyclic) bond motifs is 3. The summed E-state index contributed by atoms with van der Waals surface area (Å²) in [4.78, 5) is 9.86. The molecule has 0 N–H and O–H groups in total. The molecule has 4 aromatic carbocycles. The van der Waals surface area contributed by atoms with Crippen LogP contribution in [0.4, 0.5) is 0 Å². The van der Waals surface area contributed by atoms with E-state index in [4.69, 9.17) is 9.97 Å². The lowest BCUT2D eigenvalue weighted by molar-refractivity contribution is 1.14. The van der Waals surface area contributed by atoms with Crippen LogP contribution >= 0.6 is 11.3 Å². The van der Waals surface area contributed by atoms with Gasteiger partial charge in [-0.1, -0.05) is 116 Å². The van der Waals surface area contributed by atoms with Crippen molar-refractivity contribution in [3.63, 3.8) is 0 Å². The van der Waals surface area contributed by atoms with Crippen LogP contribution in [0.25, 0.3) is 42.9 Å². The van der Waals surface area contributed by atoms with Gasteiger partial charge in [-0.25, -0.2) is 9.97 Å². The first-order valence-electron chi connectivity index (χ1n) is 11.2. The zero-order valence-corrected chi connectivity index (χ0v) is 19.3. The normalized spacial score (nSPS) is 10.7. The van der Waals surface area contributed by atoms with E-state index in [0.29, 0.717) is 0 Å². The summed E-state index contributed by atoms with van der Waals surface area (Å²) in [6, 6.07) is 39.4. The zero-order valence-electron chi connectivity index (χ0n) is 18.5. The van der Waals surface area contributed by atoms with E-state index in [1.54, 1.807) is 11.3 Å². The van der Waals surface area contributed by atoms with E-state index in [0.717, 1.165) is 39.3 Å². The van der Waals surface area contributed by atoms with Gasteiger partial charge in [-0.3, -0.25) is 0 Å². The van der Waals surface area contributed by atoms with Crippen molar-refractivity contribution in [1.29, 1.82) is 0 Å². The van der Waals surface area contributed by atoms with E-state index in [2.05, 4.69) is 91.9 Å². The maximum atomic E-state index is 4.94. The summed E-state index contributed by atoms with van der Waals surface area (Å²) in [5.41, 5.74) is 5.61. The summed E-state index contributed by atoms with van der Waals surface area (Å²) in [6.07, 6.45) is 1.14. The summed E-state index contributed by atoms with van der Waals surface area (Å²) in [5, 5.41) is 1.19. The molecule has 0 aliphatic rings. The van der Waals surface area contributed by atoms with Crippen LogP contribution in [0.15, 0.2) is 115 Å². The Morgan fingerprint density at radius 1 is 0.606 bits per heavy atom. The molecular weight excluding hydrogens is 420 g/mol. The van der Waals surface area contributed by atoms with Gasteiger partial charge in [0.15, 0.2) is 5.82 Å². The van der Waals surface area contributed by atoms with Crippen LogP contribution in [0, 0.1) is 0 Å². The lowest BCUT2D eigenvalue weighted by Crippen LogP contribution is -1.93. The zero-order chi connectivity index (χ0) is 22.5. The van der Waals surface area contributed by atoms with Crippen LogP contribution in [-0.4, -0.2) is 9.97 Å². The maximum Gasteiger partial charge on any atom is 0.160 e. The van der Waals surface area contributed by atoms with Crippen molar-refractivity contribution in [2.75, 3.05) is 0 Å². The lowest BCUT2D eigenvalue weighted by Gasteiger charge is -2.06. The van der Waals surface area contributed by atoms with Gasteiger partial charge < -0.3 is 0 Å². The van der Waals surface area contributed by atoms with Gasteiger partial charge in [0.2, 0.25) is 0 Å². The van der Waals surface area contributed by atoms with Crippen LogP contribution in [0.3, 0.4) is 0 Å². The van der Waals surface area contributed by atoms with Crippen molar-refractivity contribution >= 4 is 31.6 Å². The highest BCUT2D eigenvalue weighted by Crippen LogP contribution is 2.39. The van der Waals surface area contributed by atoms with Crippen molar-refractivity contribution in [3.8, 4) is 22.6 Å². The van der Waals surface area contributed by atoms with Crippen LogP contribution in [0.2, 0.25) is 0 Å². The molecule has 33 heavy (non-hydrogen) atoms. The highest BCUT2D eigenvalue weighted by Gasteiger charge is 2.15. The molecule has 6 aromatic rings. The SMILES string of the molecule is CCc1ccccc1.c1ccc(-c2nc(-c3ccccc3)c3sc4ccccc4c3n2)cc1. The molecule has 2 nitrogen and oxygen atoms in total. The maximum absolute atomic E-state index is 4.94. The van der Waals surface area contributed by atoms with Crippen molar-refractivity contribution < 1.29 is 0 Å². The highest BCUT2D eigenvalue weighted by molar-refractivity contribution is 7.26. The van der Waals surface area contributed by atoms with Crippen molar-refractivity contribution in [3.05, 3.63) is 121 Å². The summed E-state index contributed by atoms with van der Waals surface area (Å²) in [5.74, 6) is 0.774. The van der Waals surface area contributed by atoms with Crippen LogP contribution in [0.1, 0.15) is 12.5 Å². The average Bonchev–Trinajstić information content (AvgIpc) is 3.29. The smallest absolute Gasteiger partial charge is 0.160 e. The molecule has 0 aliphatic carbocycles. The summed E-state index contributed by atoms with van der Waals surface area (Å²) >= 11 is 1.76. The lowest BCUT2D eigenvalue weighted by atomic mass is 10.1. The van der Waals surface area contributed by atoms with Crippen molar-refractivity contribution in [1.82, 2.24) is 9.97 Å². The first-order valence-corrected chi connectivity index (χ1v) is 12.0. The fourth-order valence-corrected chi connectivity index (χ4v) is 4.97. The number of thiophene rings is 1. The third-order valence-electron chi connectivity index (χ3n) is 5.55. The molecule has 6 rings (SSSR count). The Kier molecular flexibility index (Phi) is 6.23. The molecule has 0 aliphatic heterocycles. The molecule has 0 saturated heterocycles. The molecule has 2 aromatic heterocycles. The second-order valence-corrected chi connectivity index (χ2v) is 8.80. The Bertz CT molecular complexity index is 1470. The second-order valence-electron chi connectivity index (χ2n) is 7.74. The van der Waals surface area contributed by atoms with Crippen molar-refractivity contribution in [2.45, 2.75) is 13.3 Å². The number of rotatable bonds is 3. The van der Waals surface area contributed by atoms with Gasteiger partial charge in [-0.05, 0) is 18.1 Å². The average molecular weight is 445 g/mol. The minimum Gasteiger partial charge on any atom is -0.226 e. The second kappa shape index (κ2) is 9.76. The quantitative estimate of drug-likeness (QED) is 0.274. The van der Waals surface area contributed by atoms with Gasteiger partial charge >= 0.3 is 0 Å². The van der Waals surface area contributed by atoms with E-state index in [1.165, 1.54) is 15.6 Å². The molecule has 3 heteroatoms. The molecule has 0 atom stereocenters. The number of hydrogen-bond donors (Lipinski definition) is 0. The molecule has 0 amide bonds. The van der Waals surface area contributed by atoms with Gasteiger partial charge in [-0.2, -0.15) is 0 Å². The molecule has 0 saturated carbocycles. The summed E-state index contributed by atoms with van der Waals surface area (Å²) in [7, 11) is 0. The molecule has 2 heterocycles. The monoisotopic (exact) mass is 444 g/mol. The fraction of sp³-hybridized carbons (Fsp3) is 0.0667. The van der Waals surface area contributed by atoms with E-state index >= 15 is 0 Å². The third-order valence-corrected chi connectivity index (χ3v) is 6.72. The standard InChI is InChI=1S/C22H14N2S.C8H10/c1-3-9-15(10-4-1)19-21-20(17-13-7-8-14-18(17)25-21)24-22(23-19)16-11-5-2-6-12-16;1-2-8-6-4-3-5-7-8/h1-14H;3-7H,2H2,1H3. The fourth-order valence-electron chi connectivity index (χ4n) is 3.81. The minimum atomic E-state index is 0.774. The Balaban J connectivity index is 0.000000243. The summed E-state index contributed by atoms with van der Waals surface area (Å²) < 4.78 is 2.39. The van der Waals surface area contributed by atoms with Gasteiger partial charge in [-0.15, -0.1) is 11.3 Å². The number of hydrogen-bond acceptors (Lipinski definition) is 3. The molecule has 0 unspecified atom stereocenters. The topological polar surface area (TPSA) is 25.8 Å². The van der Waals surface area contributed by atoms with E-state index in [1.807, 2.05) is 30.3 Å². The highest BCUT2D eigenvalue weighted by atomic mass is 32.1. The Labute approximate surface area is 198 Å². The van der Waals surface area contributed by atoms with Gasteiger partial charge in [0, 0.05) is 21.2 Å². The van der Waals surface area contributed by atoms with Crippen LogP contribution in [-0.2, 0) is 6.42 Å². The van der Waals surface area contributed by atoms with E-state index < -0.39 is 0 Å². The predicted molar refractivity (Wildman–Crippen MR) is 142 cm³/mol. The Morgan fingerprint density at radius 2 is 1.18 bits per heavy atom. The summed E-state index contributed by atoms with van der Waals surface area (Å²) in [6.45, 7) is 2.16. The van der Waals surface area contributed by atoms with Gasteiger partial charge in [0.05, 0.1) is 15.9 Å². The minimum absolute atomic E-state index is 0.774. The number of nitrogens with zero attached hydrogens (tertiary/aromatic N) is 2. The van der Waals surface area contributed by atoms with Crippen molar-refractivity contribution in [2.24, 2.45) is 0 Å². The predicted octanol–water partition coefficient (Wildman–Crippen LogP) is 8.43. The molecule has 0 spiro atoms. The molecular formula is C30H24N2S. The first kappa shape index (κ1) is 21.0. The van der Waals surface area contributed by atoms with Gasteiger partial charge in [0.1, 0.15) is 0 Å². The number of aromatic nitrogens is 2. The Morgan fingerprint density at radius 3 is 1.82 bits per heavy atom. The largest absolute Gasteiger partial charge is 0.226 e. The van der Waals surface area contributed by atoms with Crippen LogP contribution in [0.5, 0.6) is 0 Å².